The van der Waals surface area contributed by atoms with Crippen LogP contribution in [0.25, 0.3) is 0 Å². The quantitative estimate of drug-likeness (QED) is 0.814. The number of ether oxygens (including phenoxy) is 1. The van der Waals surface area contributed by atoms with Gasteiger partial charge in [-0.1, -0.05) is 6.07 Å². The molecule has 1 amide bonds. The van der Waals surface area contributed by atoms with Crippen molar-refractivity contribution in [2.75, 3.05) is 46.4 Å². The topological polar surface area (TPSA) is 79.0 Å². The van der Waals surface area contributed by atoms with Gasteiger partial charge in [-0.05, 0) is 31.2 Å². The molecule has 2 aliphatic heterocycles. The van der Waals surface area contributed by atoms with Crippen LogP contribution in [0.3, 0.4) is 0 Å². The molecule has 1 aromatic rings. The highest BCUT2D eigenvalue weighted by Crippen LogP contribution is 2.20. The van der Waals surface area contributed by atoms with E-state index in [-0.39, 0.29) is 29.3 Å². The fourth-order valence-corrected chi connectivity index (χ4v) is 4.52. The largest absolute Gasteiger partial charge is 0.379 e. The van der Waals surface area contributed by atoms with E-state index in [0.717, 1.165) is 19.5 Å². The number of nitrogens with one attached hydrogen (secondary N) is 1. The maximum absolute atomic E-state index is 12.7. The number of hydrogen-bond donors (Lipinski definition) is 1. The molecule has 1 unspecified atom stereocenters. The third-order valence-corrected chi connectivity index (χ3v) is 6.49. The van der Waals surface area contributed by atoms with Gasteiger partial charge in [0.05, 0.1) is 18.1 Å². The lowest BCUT2D eigenvalue weighted by atomic mass is 10.1. The van der Waals surface area contributed by atoms with Gasteiger partial charge in [-0.25, -0.2) is 8.42 Å². The molecule has 1 atom stereocenters. The minimum atomic E-state index is -3.59. The predicted molar refractivity (Wildman–Crippen MR) is 96.6 cm³/mol. The van der Waals surface area contributed by atoms with Gasteiger partial charge in [0.2, 0.25) is 10.0 Å². The summed E-state index contributed by atoms with van der Waals surface area (Å²) in [5.74, 6) is -0.150. The second-order valence-electron chi connectivity index (χ2n) is 6.11. The summed E-state index contributed by atoms with van der Waals surface area (Å²) in [6.45, 7) is 3.15. The van der Waals surface area contributed by atoms with E-state index >= 15 is 0 Å². The fourth-order valence-electron chi connectivity index (χ4n) is 3.07. The summed E-state index contributed by atoms with van der Waals surface area (Å²) in [5.41, 5.74) is 0.402. The number of sulfonamides is 1. The molecule has 2 heterocycles. The zero-order valence-corrected chi connectivity index (χ0v) is 15.8. The summed E-state index contributed by atoms with van der Waals surface area (Å²) in [4.78, 5) is 14.5. The van der Waals surface area contributed by atoms with Crippen molar-refractivity contribution in [3.63, 3.8) is 0 Å². The van der Waals surface area contributed by atoms with Crippen LogP contribution in [0.5, 0.6) is 0 Å². The number of carbonyl (C=O) groups excluding carboxylic acids is 1. The number of hydrogen-bond acceptors (Lipinski definition) is 5. The van der Waals surface area contributed by atoms with Crippen LogP contribution in [0.15, 0.2) is 29.2 Å². The molecule has 2 saturated heterocycles. The van der Waals surface area contributed by atoms with Gasteiger partial charge in [0, 0.05) is 38.3 Å². The van der Waals surface area contributed by atoms with Crippen LogP contribution in [0, 0.1) is 0 Å². The minimum absolute atomic E-state index is 0. The molecule has 0 aromatic heterocycles. The minimum Gasteiger partial charge on any atom is -0.379 e. The first-order valence-electron chi connectivity index (χ1n) is 8.16. The van der Waals surface area contributed by atoms with Crippen LogP contribution in [-0.4, -0.2) is 76.0 Å². The molecule has 3 rings (SSSR count). The lowest BCUT2D eigenvalue weighted by molar-refractivity contribution is 0.0729. The summed E-state index contributed by atoms with van der Waals surface area (Å²) >= 11 is 0. The van der Waals surface area contributed by atoms with Crippen LogP contribution in [0.2, 0.25) is 0 Å². The van der Waals surface area contributed by atoms with E-state index in [1.54, 1.807) is 30.1 Å². The summed E-state index contributed by atoms with van der Waals surface area (Å²) in [6.07, 6.45) is 0.911. The van der Waals surface area contributed by atoms with Crippen molar-refractivity contribution in [2.45, 2.75) is 17.4 Å². The summed E-state index contributed by atoms with van der Waals surface area (Å²) in [5, 5.41) is 3.23. The number of carbonyl (C=O) groups is 1. The number of rotatable bonds is 4. The van der Waals surface area contributed by atoms with Crippen molar-refractivity contribution < 1.29 is 17.9 Å². The third-order valence-electron chi connectivity index (χ3n) is 4.59. The molecule has 2 fully saturated rings. The Morgan fingerprint density at radius 2 is 2.04 bits per heavy atom. The number of morpholine rings is 1. The molecular formula is C16H24ClN3O4S. The van der Waals surface area contributed by atoms with Crippen molar-refractivity contribution in [1.82, 2.24) is 14.5 Å². The van der Waals surface area contributed by atoms with Gasteiger partial charge in [0.1, 0.15) is 0 Å². The van der Waals surface area contributed by atoms with Gasteiger partial charge in [0.15, 0.2) is 0 Å². The van der Waals surface area contributed by atoms with Gasteiger partial charge >= 0.3 is 0 Å². The van der Waals surface area contributed by atoms with Gasteiger partial charge < -0.3 is 15.0 Å². The Morgan fingerprint density at radius 3 is 2.68 bits per heavy atom. The van der Waals surface area contributed by atoms with Gasteiger partial charge in [-0.3, -0.25) is 4.79 Å². The molecule has 1 aromatic carbocycles. The molecule has 9 heteroatoms. The van der Waals surface area contributed by atoms with Gasteiger partial charge in [-0.2, -0.15) is 4.31 Å². The molecule has 1 N–H and O–H groups in total. The van der Waals surface area contributed by atoms with E-state index in [2.05, 4.69) is 5.32 Å². The Bertz CT molecular complexity index is 701. The molecule has 25 heavy (non-hydrogen) atoms. The molecule has 0 bridgehead atoms. The average molecular weight is 390 g/mol. The summed E-state index contributed by atoms with van der Waals surface area (Å²) in [7, 11) is -1.83. The molecule has 0 saturated carbocycles. The molecule has 2 aliphatic rings. The molecule has 0 radical (unpaired) electrons. The highest BCUT2D eigenvalue weighted by Gasteiger charge is 2.28. The van der Waals surface area contributed by atoms with Crippen molar-refractivity contribution in [3.8, 4) is 0 Å². The van der Waals surface area contributed by atoms with Gasteiger partial charge in [-0.15, -0.1) is 12.4 Å². The van der Waals surface area contributed by atoms with Crippen molar-refractivity contribution in [2.24, 2.45) is 0 Å². The van der Waals surface area contributed by atoms with E-state index in [1.165, 1.54) is 10.4 Å². The van der Waals surface area contributed by atoms with Crippen LogP contribution >= 0.6 is 12.4 Å². The smallest absolute Gasteiger partial charge is 0.253 e. The second-order valence-corrected chi connectivity index (χ2v) is 8.04. The van der Waals surface area contributed by atoms with E-state index in [0.29, 0.717) is 31.9 Å². The molecular weight excluding hydrogens is 366 g/mol. The highest BCUT2D eigenvalue weighted by atomic mass is 35.5. The molecule has 7 nitrogen and oxygen atoms in total. The zero-order valence-electron chi connectivity index (χ0n) is 14.2. The number of likely N-dealkylation sites (N-methyl/N-ethyl adjacent to an activating group) is 1. The van der Waals surface area contributed by atoms with E-state index in [9.17, 15) is 13.2 Å². The van der Waals surface area contributed by atoms with E-state index in [1.807, 2.05) is 0 Å². The molecule has 140 valence electrons. The second kappa shape index (κ2) is 8.46. The van der Waals surface area contributed by atoms with Crippen molar-refractivity contribution >= 4 is 28.3 Å². The number of halogens is 1. The van der Waals surface area contributed by atoms with Crippen LogP contribution in [0.1, 0.15) is 16.8 Å². The lowest BCUT2D eigenvalue weighted by Gasteiger charge is -2.27. The Balaban J connectivity index is 0.00000225. The van der Waals surface area contributed by atoms with Gasteiger partial charge in [0.25, 0.3) is 5.91 Å². The van der Waals surface area contributed by atoms with Crippen LogP contribution < -0.4 is 5.32 Å². The molecule has 0 spiro atoms. The van der Waals surface area contributed by atoms with Crippen molar-refractivity contribution in [3.05, 3.63) is 29.8 Å². The Hall–Kier alpha value is -1.19. The number of nitrogens with zero attached hydrogens (tertiary/aromatic N) is 2. The normalized spacial score (nSPS) is 21.6. The lowest BCUT2D eigenvalue weighted by Crippen LogP contribution is -2.41. The summed E-state index contributed by atoms with van der Waals surface area (Å²) in [6, 6.07) is 6.46. The number of benzene rings is 1. The first kappa shape index (κ1) is 20.1. The SMILES string of the molecule is CN(C(=O)c1cccc(S(=O)(=O)N2CCOCC2)c1)C1CCNC1.Cl. The average Bonchev–Trinajstić information content (AvgIpc) is 3.16. The predicted octanol–water partition coefficient (Wildman–Crippen LogP) is 0.563. The Kier molecular flexibility index (Phi) is 6.81. The maximum Gasteiger partial charge on any atom is 0.253 e. The fraction of sp³-hybridized carbons (Fsp3) is 0.562. The summed E-state index contributed by atoms with van der Waals surface area (Å²) < 4.78 is 32.1. The monoisotopic (exact) mass is 389 g/mol. The van der Waals surface area contributed by atoms with E-state index in [4.69, 9.17) is 4.74 Å². The zero-order chi connectivity index (χ0) is 17.2. The Labute approximate surface area is 154 Å². The maximum atomic E-state index is 12.7. The third kappa shape index (κ3) is 4.32. The van der Waals surface area contributed by atoms with Crippen LogP contribution in [0.4, 0.5) is 0 Å². The molecule has 0 aliphatic carbocycles. The van der Waals surface area contributed by atoms with Crippen molar-refractivity contribution in [1.29, 1.82) is 0 Å². The first-order valence-corrected chi connectivity index (χ1v) is 9.60. The highest BCUT2D eigenvalue weighted by molar-refractivity contribution is 7.89. The number of amides is 1. The first-order chi connectivity index (χ1) is 11.5. The Morgan fingerprint density at radius 1 is 1.32 bits per heavy atom. The van der Waals surface area contributed by atoms with Crippen LogP contribution in [-0.2, 0) is 14.8 Å². The standard InChI is InChI=1S/C16H23N3O4S.ClH/c1-18(14-5-6-17-12-14)16(20)13-3-2-4-15(11-13)24(21,22)19-7-9-23-10-8-19;/h2-4,11,14,17H,5-10,12H2,1H3;1H. The van der Waals surface area contributed by atoms with E-state index < -0.39 is 10.0 Å².